The Kier molecular flexibility index (Phi) is 3.73. The zero-order valence-corrected chi connectivity index (χ0v) is 13.8. The quantitative estimate of drug-likeness (QED) is 0.763. The predicted molar refractivity (Wildman–Crippen MR) is 86.6 cm³/mol. The molecule has 2 unspecified atom stereocenters. The fourth-order valence-electron chi connectivity index (χ4n) is 4.06. The first-order valence-corrected chi connectivity index (χ1v) is 8.45. The monoisotopic (exact) mass is 316 g/mol. The average Bonchev–Trinajstić information content (AvgIpc) is 2.95. The number of carbonyl (C=O) groups is 1. The molecule has 1 aromatic heterocycles. The third kappa shape index (κ3) is 2.60. The van der Waals surface area contributed by atoms with Crippen LogP contribution < -0.4 is 4.74 Å². The Bertz CT molecular complexity index is 600. The molecule has 0 bridgehead atoms. The zero-order valence-electron chi connectivity index (χ0n) is 13.8. The summed E-state index contributed by atoms with van der Waals surface area (Å²) in [6.45, 7) is 4.08. The lowest BCUT2D eigenvalue weighted by molar-refractivity contribution is 0.0677. The molecule has 3 aliphatic heterocycles. The highest BCUT2D eigenvalue weighted by molar-refractivity contribution is 5.96. The van der Waals surface area contributed by atoms with E-state index in [0.29, 0.717) is 17.5 Å². The lowest BCUT2D eigenvalue weighted by Crippen LogP contribution is -2.45. The highest BCUT2D eigenvalue weighted by Gasteiger charge is 2.44. The summed E-state index contributed by atoms with van der Waals surface area (Å²) in [5.74, 6) is 0.507. The second-order valence-electron chi connectivity index (χ2n) is 6.98. The first kappa shape index (κ1) is 14.9. The van der Waals surface area contributed by atoms with Crippen LogP contribution in [0.2, 0.25) is 0 Å². The maximum Gasteiger partial charge on any atom is 0.259 e. The van der Waals surface area contributed by atoms with Gasteiger partial charge in [0.1, 0.15) is 11.7 Å². The Balaban J connectivity index is 1.54. The maximum absolute atomic E-state index is 12.7. The fourth-order valence-corrected chi connectivity index (χ4v) is 4.06. The standard InChI is InChI=1S/C17H24N4O2/c1-19-8-5-12(6-9-19)21-10-14-15(11-21)23-16-13(4-3-7-18-16)17(22)20(14)2/h3-4,7,12,14-15H,5-6,8-11H2,1-2H3. The van der Waals surface area contributed by atoms with Crippen molar-refractivity contribution in [1.29, 1.82) is 0 Å². The van der Waals surface area contributed by atoms with Crippen molar-refractivity contribution in [3.8, 4) is 5.88 Å². The smallest absolute Gasteiger partial charge is 0.259 e. The highest BCUT2D eigenvalue weighted by Crippen LogP contribution is 2.31. The molecule has 23 heavy (non-hydrogen) atoms. The van der Waals surface area contributed by atoms with Gasteiger partial charge in [0.05, 0.1) is 6.04 Å². The third-order valence-electron chi connectivity index (χ3n) is 5.55. The van der Waals surface area contributed by atoms with Gasteiger partial charge in [-0.2, -0.15) is 0 Å². The Morgan fingerprint density at radius 2 is 2.00 bits per heavy atom. The lowest BCUT2D eigenvalue weighted by atomic mass is 10.0. The summed E-state index contributed by atoms with van der Waals surface area (Å²) in [7, 11) is 4.08. The van der Waals surface area contributed by atoms with Crippen LogP contribution in [-0.4, -0.2) is 84.1 Å². The van der Waals surface area contributed by atoms with Crippen LogP contribution in [0.15, 0.2) is 18.3 Å². The van der Waals surface area contributed by atoms with Crippen molar-refractivity contribution in [3.63, 3.8) is 0 Å². The molecule has 2 atom stereocenters. The van der Waals surface area contributed by atoms with Crippen LogP contribution in [0.4, 0.5) is 0 Å². The van der Waals surface area contributed by atoms with Gasteiger partial charge in [-0.05, 0) is 45.1 Å². The van der Waals surface area contributed by atoms with Crippen LogP contribution >= 0.6 is 0 Å². The van der Waals surface area contributed by atoms with Gasteiger partial charge in [0.2, 0.25) is 5.88 Å². The Hall–Kier alpha value is -1.66. The number of likely N-dealkylation sites (N-methyl/N-ethyl adjacent to an activating group) is 1. The maximum atomic E-state index is 12.7. The van der Waals surface area contributed by atoms with E-state index in [1.165, 1.54) is 12.8 Å². The van der Waals surface area contributed by atoms with E-state index >= 15 is 0 Å². The first-order chi connectivity index (χ1) is 11.1. The zero-order chi connectivity index (χ0) is 16.0. The second kappa shape index (κ2) is 5.76. The number of rotatable bonds is 1. The number of amides is 1. The number of nitrogens with zero attached hydrogens (tertiary/aromatic N) is 4. The minimum atomic E-state index is 0.0137. The van der Waals surface area contributed by atoms with Crippen molar-refractivity contribution in [2.45, 2.75) is 31.0 Å². The van der Waals surface area contributed by atoms with E-state index in [-0.39, 0.29) is 18.1 Å². The van der Waals surface area contributed by atoms with Gasteiger partial charge in [0.25, 0.3) is 5.91 Å². The van der Waals surface area contributed by atoms with Crippen molar-refractivity contribution in [3.05, 3.63) is 23.9 Å². The topological polar surface area (TPSA) is 48.9 Å². The molecule has 0 N–H and O–H groups in total. The van der Waals surface area contributed by atoms with Gasteiger partial charge in [0, 0.05) is 32.4 Å². The van der Waals surface area contributed by atoms with Crippen LogP contribution in [-0.2, 0) is 0 Å². The normalized spacial score (nSPS) is 29.8. The molecule has 4 rings (SSSR count). The van der Waals surface area contributed by atoms with Crippen LogP contribution in [0.25, 0.3) is 0 Å². The van der Waals surface area contributed by atoms with E-state index in [2.05, 4.69) is 21.8 Å². The van der Waals surface area contributed by atoms with Gasteiger partial charge < -0.3 is 14.5 Å². The number of ether oxygens (including phenoxy) is 1. The van der Waals surface area contributed by atoms with Crippen molar-refractivity contribution < 1.29 is 9.53 Å². The number of hydrogen-bond acceptors (Lipinski definition) is 5. The summed E-state index contributed by atoms with van der Waals surface area (Å²) >= 11 is 0. The van der Waals surface area contributed by atoms with Crippen LogP contribution in [0.5, 0.6) is 5.88 Å². The minimum absolute atomic E-state index is 0.0137. The van der Waals surface area contributed by atoms with Crippen LogP contribution in [0, 0.1) is 0 Å². The largest absolute Gasteiger partial charge is 0.470 e. The Morgan fingerprint density at radius 1 is 1.22 bits per heavy atom. The SMILES string of the molecule is CN1CCC(N2CC3Oc4ncccc4C(=O)N(C)C3C2)CC1. The van der Waals surface area contributed by atoms with Crippen LogP contribution in [0.3, 0.4) is 0 Å². The molecule has 4 heterocycles. The number of aromatic nitrogens is 1. The van der Waals surface area contributed by atoms with Gasteiger partial charge in [0.15, 0.2) is 0 Å². The number of pyridine rings is 1. The van der Waals surface area contributed by atoms with Gasteiger partial charge in [-0.1, -0.05) is 0 Å². The highest BCUT2D eigenvalue weighted by atomic mass is 16.5. The molecule has 0 saturated carbocycles. The van der Waals surface area contributed by atoms with Crippen LogP contribution in [0.1, 0.15) is 23.2 Å². The molecule has 0 aromatic carbocycles. The molecule has 6 heteroatoms. The Labute approximate surface area is 137 Å². The van der Waals surface area contributed by atoms with Crippen molar-refractivity contribution in [2.24, 2.45) is 0 Å². The lowest BCUT2D eigenvalue weighted by Gasteiger charge is -2.35. The van der Waals surface area contributed by atoms with Crippen molar-refractivity contribution in [1.82, 2.24) is 19.7 Å². The molecule has 2 saturated heterocycles. The van der Waals surface area contributed by atoms with E-state index in [4.69, 9.17) is 4.74 Å². The van der Waals surface area contributed by atoms with Crippen molar-refractivity contribution >= 4 is 5.91 Å². The summed E-state index contributed by atoms with van der Waals surface area (Å²) in [5.41, 5.74) is 0.579. The molecule has 2 fully saturated rings. The molecule has 0 spiro atoms. The van der Waals surface area contributed by atoms with Gasteiger partial charge in [-0.15, -0.1) is 0 Å². The Morgan fingerprint density at radius 3 is 2.78 bits per heavy atom. The number of piperidine rings is 1. The molecular formula is C17H24N4O2. The molecule has 6 nitrogen and oxygen atoms in total. The average molecular weight is 316 g/mol. The van der Waals surface area contributed by atoms with Gasteiger partial charge >= 0.3 is 0 Å². The molecule has 0 radical (unpaired) electrons. The summed E-state index contributed by atoms with van der Waals surface area (Å²) in [5, 5.41) is 0. The molecule has 0 aliphatic carbocycles. The summed E-state index contributed by atoms with van der Waals surface area (Å²) in [4.78, 5) is 23.7. The number of carbonyl (C=O) groups excluding carboxylic acids is 1. The van der Waals surface area contributed by atoms with Crippen molar-refractivity contribution in [2.75, 3.05) is 40.3 Å². The fraction of sp³-hybridized carbons (Fsp3) is 0.647. The first-order valence-electron chi connectivity index (χ1n) is 8.45. The molecule has 1 amide bonds. The van der Waals surface area contributed by atoms with E-state index < -0.39 is 0 Å². The number of fused-ring (bicyclic) bond motifs is 2. The van der Waals surface area contributed by atoms with Gasteiger partial charge in [-0.3, -0.25) is 9.69 Å². The second-order valence-corrected chi connectivity index (χ2v) is 6.98. The van der Waals surface area contributed by atoms with Gasteiger partial charge in [-0.25, -0.2) is 4.98 Å². The van der Waals surface area contributed by atoms with E-state index in [0.717, 1.165) is 26.2 Å². The molecule has 1 aromatic rings. The molecule has 3 aliphatic rings. The van der Waals surface area contributed by atoms with E-state index in [9.17, 15) is 4.79 Å². The number of hydrogen-bond donors (Lipinski definition) is 0. The summed E-state index contributed by atoms with van der Waals surface area (Å²) in [6.07, 6.45) is 4.10. The molecular weight excluding hydrogens is 292 g/mol. The summed E-state index contributed by atoms with van der Waals surface area (Å²) < 4.78 is 6.14. The van der Waals surface area contributed by atoms with E-state index in [1.54, 1.807) is 18.3 Å². The third-order valence-corrected chi connectivity index (χ3v) is 5.55. The molecule has 124 valence electrons. The predicted octanol–water partition coefficient (Wildman–Crippen LogP) is 0.693. The summed E-state index contributed by atoms with van der Waals surface area (Å²) in [6, 6.07) is 4.31. The van der Waals surface area contributed by atoms with E-state index in [1.807, 2.05) is 11.9 Å². The minimum Gasteiger partial charge on any atom is -0.470 e. The number of likely N-dealkylation sites (tertiary alicyclic amines) is 2.